The quantitative estimate of drug-likeness (QED) is 0.478. The second-order valence-electron chi connectivity index (χ2n) is 11.5. The van der Waals surface area contributed by atoms with Gasteiger partial charge >= 0.3 is 0 Å². The van der Waals surface area contributed by atoms with Crippen LogP contribution in [0.5, 0.6) is 0 Å². The van der Waals surface area contributed by atoms with E-state index < -0.39 is 0 Å². The maximum atomic E-state index is 8.97. The smallest absolute Gasteiger partial charge is 0.225 e. The maximum absolute atomic E-state index is 8.97. The van der Waals surface area contributed by atoms with Crippen molar-refractivity contribution >= 4 is 35.1 Å². The highest BCUT2D eigenvalue weighted by Gasteiger charge is 2.43. The Balaban J connectivity index is 0.000000155. The lowest BCUT2D eigenvalue weighted by Gasteiger charge is -2.32. The highest BCUT2D eigenvalue weighted by Crippen LogP contribution is 2.50. The Hall–Kier alpha value is -1.74. The van der Waals surface area contributed by atoms with Gasteiger partial charge in [-0.05, 0) is 93.4 Å². The van der Waals surface area contributed by atoms with Gasteiger partial charge in [0, 0.05) is 32.8 Å². The first kappa shape index (κ1) is 27.8. The lowest BCUT2D eigenvalue weighted by molar-refractivity contribution is 0.266. The molecular weight excluding hydrogens is 521 g/mol. The minimum Gasteiger partial charge on any atom is -0.396 e. The Morgan fingerprint density at radius 1 is 0.711 bits per heavy atom. The summed E-state index contributed by atoms with van der Waals surface area (Å²) in [4.78, 5) is 21.7. The van der Waals surface area contributed by atoms with Crippen LogP contribution >= 0.6 is 23.2 Å². The zero-order chi connectivity index (χ0) is 26.5. The third-order valence-corrected chi connectivity index (χ3v) is 9.45. The normalized spacial score (nSPS) is 27.6. The number of aliphatic hydroxyl groups is 1. The highest BCUT2D eigenvalue weighted by atomic mass is 35.5. The molecule has 6 rings (SSSR count). The molecule has 0 radical (unpaired) electrons. The molecule has 10 heteroatoms. The van der Waals surface area contributed by atoms with E-state index in [0.717, 1.165) is 86.5 Å². The molecule has 2 saturated carbocycles. The van der Waals surface area contributed by atoms with Crippen LogP contribution in [0.4, 0.5) is 11.9 Å². The second kappa shape index (κ2) is 13.1. The van der Waals surface area contributed by atoms with Crippen molar-refractivity contribution in [1.29, 1.82) is 0 Å². The van der Waals surface area contributed by atoms with Gasteiger partial charge < -0.3 is 20.6 Å². The third-order valence-electron chi connectivity index (χ3n) is 9.06. The van der Waals surface area contributed by atoms with Crippen molar-refractivity contribution in [2.24, 2.45) is 41.2 Å². The summed E-state index contributed by atoms with van der Waals surface area (Å²) in [5, 5.41) is 10.2. The molecule has 2 aromatic rings. The van der Waals surface area contributed by atoms with E-state index >= 15 is 0 Å². The van der Waals surface area contributed by atoms with Crippen LogP contribution in [0, 0.1) is 35.5 Å². The molecule has 0 spiro atoms. The summed E-state index contributed by atoms with van der Waals surface area (Å²) in [6.07, 6.45) is 16.6. The molecule has 4 fully saturated rings. The van der Waals surface area contributed by atoms with E-state index in [4.69, 9.17) is 34.0 Å². The molecule has 208 valence electrons. The van der Waals surface area contributed by atoms with Crippen LogP contribution in [0.2, 0.25) is 10.0 Å². The van der Waals surface area contributed by atoms with Crippen LogP contribution in [0.1, 0.15) is 51.4 Å². The van der Waals surface area contributed by atoms with Gasteiger partial charge in [-0.25, -0.2) is 19.9 Å². The Kier molecular flexibility index (Phi) is 9.57. The zero-order valence-electron chi connectivity index (χ0n) is 22.1. The van der Waals surface area contributed by atoms with Crippen molar-refractivity contribution in [1.82, 2.24) is 19.9 Å². The number of anilines is 2. The average molecular weight is 563 g/mol. The molecule has 0 amide bonds. The average Bonchev–Trinajstić information content (AvgIpc) is 3.88. The molecule has 4 aliphatic rings. The van der Waals surface area contributed by atoms with Gasteiger partial charge in [0.25, 0.3) is 0 Å². The zero-order valence-corrected chi connectivity index (χ0v) is 23.6. The van der Waals surface area contributed by atoms with Crippen LogP contribution < -0.4 is 15.5 Å². The van der Waals surface area contributed by atoms with Crippen molar-refractivity contribution in [3.8, 4) is 0 Å². The maximum Gasteiger partial charge on any atom is 0.225 e. The van der Waals surface area contributed by atoms with Crippen LogP contribution in [-0.2, 0) is 0 Å². The number of halogens is 2. The number of hydrogen-bond donors (Lipinski definition) is 2. The number of rotatable bonds is 8. The monoisotopic (exact) mass is 561 g/mol. The predicted molar refractivity (Wildman–Crippen MR) is 153 cm³/mol. The van der Waals surface area contributed by atoms with Crippen LogP contribution in [-0.4, -0.2) is 64.4 Å². The number of nitrogens with two attached hydrogens (primary N) is 1. The van der Waals surface area contributed by atoms with Gasteiger partial charge in [-0.2, -0.15) is 0 Å². The van der Waals surface area contributed by atoms with Gasteiger partial charge in [-0.1, -0.05) is 23.2 Å². The fourth-order valence-corrected chi connectivity index (χ4v) is 6.93. The summed E-state index contributed by atoms with van der Waals surface area (Å²) in [7, 11) is 0. The molecule has 8 nitrogen and oxygen atoms in total. The van der Waals surface area contributed by atoms with Crippen LogP contribution in [0.15, 0.2) is 24.8 Å². The minimum absolute atomic E-state index is 0.346. The van der Waals surface area contributed by atoms with E-state index in [1.165, 1.54) is 44.9 Å². The lowest BCUT2D eigenvalue weighted by Crippen LogP contribution is -2.35. The first-order chi connectivity index (χ1) is 18.6. The molecule has 0 aromatic carbocycles. The Morgan fingerprint density at radius 2 is 1.11 bits per heavy atom. The summed E-state index contributed by atoms with van der Waals surface area (Å²) in [5.41, 5.74) is 5.64. The van der Waals surface area contributed by atoms with E-state index in [0.29, 0.717) is 16.7 Å². The molecule has 2 saturated heterocycles. The number of hydrogen-bond acceptors (Lipinski definition) is 8. The van der Waals surface area contributed by atoms with Crippen LogP contribution in [0.3, 0.4) is 0 Å². The minimum atomic E-state index is 0.346. The molecular formula is C28H41Cl2N7O. The highest BCUT2D eigenvalue weighted by molar-refractivity contribution is 6.30. The standard InChI is InChI=1S/C14H21ClN4.C14H20ClN3O/c15-12-8-17-14(18-9-12)19-5-2-10(3-6-19)13-7-11(13)1-4-16;15-12-8-16-14(17-9-12)18-4-1-10(2-5-18)13-7-11(13)3-6-19/h8-11,13H,1-7,16H2;8-11,13,19H,1-7H2. The van der Waals surface area contributed by atoms with Crippen molar-refractivity contribution < 1.29 is 5.11 Å². The molecule has 2 aromatic heterocycles. The molecule has 38 heavy (non-hydrogen) atoms. The van der Waals surface area contributed by atoms with E-state index in [1.807, 2.05) is 0 Å². The van der Waals surface area contributed by atoms with Gasteiger partial charge in [0.15, 0.2) is 0 Å². The second-order valence-corrected chi connectivity index (χ2v) is 12.3. The first-order valence-corrected chi connectivity index (χ1v) is 15.1. The van der Waals surface area contributed by atoms with Gasteiger partial charge in [-0.3, -0.25) is 0 Å². The summed E-state index contributed by atoms with van der Waals surface area (Å²) in [5.74, 6) is 6.84. The van der Waals surface area contributed by atoms with Crippen molar-refractivity contribution in [3.63, 3.8) is 0 Å². The molecule has 2 aliphatic heterocycles. The number of piperidine rings is 2. The third kappa shape index (κ3) is 7.26. The Bertz CT molecular complexity index is 914. The number of aliphatic hydroxyl groups excluding tert-OH is 1. The van der Waals surface area contributed by atoms with E-state index in [1.54, 1.807) is 24.8 Å². The molecule has 0 bridgehead atoms. The van der Waals surface area contributed by atoms with E-state index in [-0.39, 0.29) is 0 Å². The molecule has 2 aliphatic carbocycles. The number of aromatic nitrogens is 4. The molecule has 4 heterocycles. The van der Waals surface area contributed by atoms with Crippen molar-refractivity contribution in [2.75, 3.05) is 49.1 Å². The SMILES string of the molecule is NCCC1CC1C1CCN(c2ncc(Cl)cn2)CC1.OCCC1CC1C1CCN(c2ncc(Cl)cn2)CC1. The van der Waals surface area contributed by atoms with Crippen molar-refractivity contribution in [3.05, 3.63) is 34.8 Å². The predicted octanol–water partition coefficient (Wildman–Crippen LogP) is 4.70. The molecule has 4 atom stereocenters. The van der Waals surface area contributed by atoms with Crippen LogP contribution in [0.25, 0.3) is 0 Å². The van der Waals surface area contributed by atoms with Gasteiger partial charge in [0.2, 0.25) is 11.9 Å². The lowest BCUT2D eigenvalue weighted by atomic mass is 9.90. The van der Waals surface area contributed by atoms with Crippen molar-refractivity contribution in [2.45, 2.75) is 51.4 Å². The fourth-order valence-electron chi connectivity index (χ4n) is 6.73. The topological polar surface area (TPSA) is 104 Å². The van der Waals surface area contributed by atoms with Gasteiger partial charge in [-0.15, -0.1) is 0 Å². The fraction of sp³-hybridized carbons (Fsp3) is 0.714. The number of nitrogens with zero attached hydrogens (tertiary/aromatic N) is 6. The summed E-state index contributed by atoms with van der Waals surface area (Å²) in [6.45, 7) is 5.40. The molecule has 3 N–H and O–H groups in total. The summed E-state index contributed by atoms with van der Waals surface area (Å²) in [6, 6.07) is 0. The van der Waals surface area contributed by atoms with Gasteiger partial charge in [0.05, 0.1) is 34.8 Å². The summed E-state index contributed by atoms with van der Waals surface area (Å²) >= 11 is 11.6. The largest absolute Gasteiger partial charge is 0.396 e. The Labute approximate surface area is 236 Å². The first-order valence-electron chi connectivity index (χ1n) is 14.3. The van der Waals surface area contributed by atoms with E-state index in [9.17, 15) is 0 Å². The van der Waals surface area contributed by atoms with Gasteiger partial charge in [0.1, 0.15) is 0 Å². The molecule has 4 unspecified atom stereocenters. The van der Waals surface area contributed by atoms with E-state index in [2.05, 4.69) is 29.7 Å². The Morgan fingerprint density at radius 3 is 1.47 bits per heavy atom. The summed E-state index contributed by atoms with van der Waals surface area (Å²) < 4.78 is 0.